The molecule has 0 aromatic carbocycles. The predicted octanol–water partition coefficient (Wildman–Crippen LogP) is 1.61. The van der Waals surface area contributed by atoms with Crippen molar-refractivity contribution in [2.45, 2.75) is 19.9 Å². The van der Waals surface area contributed by atoms with Crippen molar-refractivity contribution < 1.29 is 4.79 Å². The minimum atomic E-state index is -0.211. The van der Waals surface area contributed by atoms with Gasteiger partial charge in [-0.1, -0.05) is 18.2 Å². The Labute approximate surface area is 66.5 Å². The number of carbonyl (C=O) groups is 1. The molecule has 0 aromatic heterocycles. The summed E-state index contributed by atoms with van der Waals surface area (Å²) < 4.78 is 0. The fourth-order valence-electron chi connectivity index (χ4n) is 0.426. The number of amides is 1. The molecule has 0 atom stereocenters. The van der Waals surface area contributed by atoms with Crippen LogP contribution >= 0.6 is 11.6 Å². The highest BCUT2D eigenvalue weighted by Gasteiger charge is 2.12. The second kappa shape index (κ2) is 3.62. The van der Waals surface area contributed by atoms with E-state index in [2.05, 4.69) is 6.58 Å². The molecule has 0 radical (unpaired) electrons. The Balaban J connectivity index is 4.08. The standard InChI is InChI=1S/C7H12ClNO/c1-5(2)9(4)7(10)6(3)8/h5H,3H2,1-2,4H3. The zero-order valence-corrected chi connectivity index (χ0v) is 7.27. The maximum atomic E-state index is 11.0. The van der Waals surface area contributed by atoms with Crippen LogP contribution in [0.15, 0.2) is 11.6 Å². The van der Waals surface area contributed by atoms with Gasteiger partial charge in [-0.3, -0.25) is 4.79 Å². The van der Waals surface area contributed by atoms with E-state index >= 15 is 0 Å². The average Bonchev–Trinajstić information content (AvgIpc) is 1.84. The first-order valence-corrected chi connectivity index (χ1v) is 3.46. The van der Waals surface area contributed by atoms with E-state index in [-0.39, 0.29) is 17.0 Å². The van der Waals surface area contributed by atoms with E-state index in [1.165, 1.54) is 4.90 Å². The Kier molecular flexibility index (Phi) is 3.43. The van der Waals surface area contributed by atoms with Gasteiger partial charge in [0.2, 0.25) is 0 Å². The largest absolute Gasteiger partial charge is 0.339 e. The van der Waals surface area contributed by atoms with Crippen molar-refractivity contribution in [1.82, 2.24) is 4.90 Å². The van der Waals surface area contributed by atoms with Gasteiger partial charge in [-0.15, -0.1) is 0 Å². The highest BCUT2D eigenvalue weighted by atomic mass is 35.5. The van der Waals surface area contributed by atoms with Crippen molar-refractivity contribution in [3.63, 3.8) is 0 Å². The summed E-state index contributed by atoms with van der Waals surface area (Å²) in [6, 6.07) is 0.169. The summed E-state index contributed by atoms with van der Waals surface area (Å²) in [4.78, 5) is 12.5. The third-order valence-electron chi connectivity index (χ3n) is 1.33. The van der Waals surface area contributed by atoms with Crippen LogP contribution in [0.25, 0.3) is 0 Å². The predicted molar refractivity (Wildman–Crippen MR) is 42.9 cm³/mol. The van der Waals surface area contributed by atoms with E-state index in [0.29, 0.717) is 0 Å². The van der Waals surface area contributed by atoms with Gasteiger partial charge in [0.1, 0.15) is 0 Å². The van der Waals surface area contributed by atoms with Gasteiger partial charge >= 0.3 is 0 Å². The van der Waals surface area contributed by atoms with E-state index in [1.54, 1.807) is 7.05 Å². The Hall–Kier alpha value is -0.500. The molecule has 2 nitrogen and oxygen atoms in total. The van der Waals surface area contributed by atoms with Crippen molar-refractivity contribution in [3.8, 4) is 0 Å². The van der Waals surface area contributed by atoms with E-state index in [4.69, 9.17) is 11.6 Å². The molecule has 0 bridgehead atoms. The summed E-state index contributed by atoms with van der Waals surface area (Å²) in [5.41, 5.74) is 0. The summed E-state index contributed by atoms with van der Waals surface area (Å²) in [5, 5.41) is 0.0659. The topological polar surface area (TPSA) is 20.3 Å². The van der Waals surface area contributed by atoms with Gasteiger partial charge in [0.25, 0.3) is 5.91 Å². The maximum absolute atomic E-state index is 11.0. The van der Waals surface area contributed by atoms with Crippen LogP contribution in [0.1, 0.15) is 13.8 Å². The molecular weight excluding hydrogens is 150 g/mol. The first kappa shape index (κ1) is 9.50. The lowest BCUT2D eigenvalue weighted by atomic mass is 10.3. The molecule has 0 N–H and O–H groups in total. The van der Waals surface area contributed by atoms with Crippen molar-refractivity contribution in [1.29, 1.82) is 0 Å². The third-order valence-corrected chi connectivity index (χ3v) is 1.49. The first-order valence-electron chi connectivity index (χ1n) is 3.08. The summed E-state index contributed by atoms with van der Waals surface area (Å²) in [6.45, 7) is 7.16. The van der Waals surface area contributed by atoms with Gasteiger partial charge in [0, 0.05) is 13.1 Å². The number of hydrogen-bond acceptors (Lipinski definition) is 1. The Morgan fingerprint density at radius 2 is 2.00 bits per heavy atom. The van der Waals surface area contributed by atoms with E-state index in [9.17, 15) is 4.79 Å². The van der Waals surface area contributed by atoms with Crippen LogP contribution in [0.3, 0.4) is 0 Å². The van der Waals surface area contributed by atoms with Crippen LogP contribution in [0.4, 0.5) is 0 Å². The molecular formula is C7H12ClNO. The Morgan fingerprint density at radius 3 is 2.10 bits per heavy atom. The van der Waals surface area contributed by atoms with Crippen molar-refractivity contribution in [2.75, 3.05) is 7.05 Å². The van der Waals surface area contributed by atoms with Gasteiger partial charge in [0.15, 0.2) is 0 Å². The highest BCUT2D eigenvalue weighted by molar-refractivity contribution is 6.41. The molecule has 0 unspecified atom stereocenters. The molecule has 0 aliphatic heterocycles. The molecule has 10 heavy (non-hydrogen) atoms. The van der Waals surface area contributed by atoms with Crippen molar-refractivity contribution in [3.05, 3.63) is 11.6 Å². The minimum absolute atomic E-state index is 0.0659. The molecule has 0 aromatic rings. The fourth-order valence-corrected chi connectivity index (χ4v) is 0.559. The molecule has 1 amide bonds. The number of halogens is 1. The zero-order chi connectivity index (χ0) is 8.31. The van der Waals surface area contributed by atoms with Gasteiger partial charge in [-0.2, -0.15) is 0 Å². The number of hydrogen-bond donors (Lipinski definition) is 0. The highest BCUT2D eigenvalue weighted by Crippen LogP contribution is 2.04. The number of nitrogens with zero attached hydrogens (tertiary/aromatic N) is 1. The average molecular weight is 162 g/mol. The Morgan fingerprint density at radius 1 is 1.60 bits per heavy atom. The molecule has 0 spiro atoms. The lowest BCUT2D eigenvalue weighted by Gasteiger charge is -2.20. The third kappa shape index (κ3) is 2.40. The minimum Gasteiger partial charge on any atom is -0.339 e. The van der Waals surface area contributed by atoms with Crippen LogP contribution in [-0.4, -0.2) is 23.9 Å². The molecule has 3 heteroatoms. The molecule has 0 fully saturated rings. The lowest BCUT2D eigenvalue weighted by Crippen LogP contribution is -2.32. The van der Waals surface area contributed by atoms with E-state index in [1.807, 2.05) is 13.8 Å². The van der Waals surface area contributed by atoms with Crippen molar-refractivity contribution in [2.24, 2.45) is 0 Å². The zero-order valence-electron chi connectivity index (χ0n) is 6.52. The smallest absolute Gasteiger partial charge is 0.264 e. The van der Waals surface area contributed by atoms with Gasteiger partial charge in [0.05, 0.1) is 5.03 Å². The van der Waals surface area contributed by atoms with Crippen LogP contribution in [0.2, 0.25) is 0 Å². The van der Waals surface area contributed by atoms with Gasteiger partial charge in [-0.25, -0.2) is 0 Å². The number of rotatable bonds is 2. The molecule has 0 aliphatic rings. The SMILES string of the molecule is C=C(Cl)C(=O)N(C)C(C)C. The van der Waals surface area contributed by atoms with Crippen LogP contribution in [-0.2, 0) is 4.79 Å². The summed E-state index contributed by atoms with van der Waals surface area (Å²) in [6.07, 6.45) is 0. The summed E-state index contributed by atoms with van der Waals surface area (Å²) in [5.74, 6) is -0.211. The van der Waals surface area contributed by atoms with E-state index < -0.39 is 0 Å². The monoisotopic (exact) mass is 161 g/mol. The first-order chi connectivity index (χ1) is 4.46. The van der Waals surface area contributed by atoms with E-state index in [0.717, 1.165) is 0 Å². The maximum Gasteiger partial charge on any atom is 0.264 e. The number of carbonyl (C=O) groups excluding carboxylic acids is 1. The second-order valence-electron chi connectivity index (χ2n) is 2.41. The molecule has 0 rings (SSSR count). The molecule has 58 valence electrons. The molecule has 0 aliphatic carbocycles. The summed E-state index contributed by atoms with van der Waals surface area (Å²) >= 11 is 5.38. The molecule has 0 saturated carbocycles. The fraction of sp³-hybridized carbons (Fsp3) is 0.571. The van der Waals surface area contributed by atoms with Gasteiger partial charge < -0.3 is 4.90 Å². The van der Waals surface area contributed by atoms with Crippen LogP contribution < -0.4 is 0 Å². The quantitative estimate of drug-likeness (QED) is 0.564. The normalized spacial score (nSPS) is 9.70. The Bertz CT molecular complexity index is 154. The molecule has 0 heterocycles. The lowest BCUT2D eigenvalue weighted by molar-refractivity contribution is -0.126. The second-order valence-corrected chi connectivity index (χ2v) is 2.87. The van der Waals surface area contributed by atoms with Crippen molar-refractivity contribution >= 4 is 17.5 Å². The van der Waals surface area contributed by atoms with Crippen LogP contribution in [0.5, 0.6) is 0 Å². The summed E-state index contributed by atoms with van der Waals surface area (Å²) in [7, 11) is 1.70. The molecule has 0 saturated heterocycles. The number of likely N-dealkylation sites (N-methyl/N-ethyl adjacent to an activating group) is 1. The van der Waals surface area contributed by atoms with Gasteiger partial charge in [-0.05, 0) is 13.8 Å². The van der Waals surface area contributed by atoms with Crippen LogP contribution in [0, 0.1) is 0 Å².